The summed E-state index contributed by atoms with van der Waals surface area (Å²) in [5.74, 6) is 0.0363. The van der Waals surface area contributed by atoms with Gasteiger partial charge in [0.2, 0.25) is 17.7 Å². The molecule has 3 amide bonds. The number of nitrogens with one attached hydrogen (secondary N) is 3. The van der Waals surface area contributed by atoms with Gasteiger partial charge in [-0.3, -0.25) is 10.00 Å². The third-order valence-electron chi connectivity index (χ3n) is 5.34. The molecule has 3 N–H and O–H groups in total. The number of esters is 1. The van der Waals surface area contributed by atoms with E-state index in [1.807, 2.05) is 19.1 Å². The molecule has 0 spiro atoms. The number of amides is 3. The number of aromatic nitrogens is 4. The Bertz CT molecular complexity index is 1530. The lowest BCUT2D eigenvalue weighted by molar-refractivity contribution is 0.0521. The van der Waals surface area contributed by atoms with Crippen LogP contribution in [0.5, 0.6) is 17.5 Å². The second-order valence-electron chi connectivity index (χ2n) is 8.92. The van der Waals surface area contributed by atoms with Gasteiger partial charge in [0.15, 0.2) is 5.03 Å². The zero-order chi connectivity index (χ0) is 32.3. The number of anilines is 1. The Labute approximate surface area is 249 Å². The SMILES string of the molecule is CCOC(=O)c1cnn(C)c1S(=O)(=O)NC(=O)Nc1nc(OC)cc(OC)n1.CNC(=O)Oc1cc(C)cc(C(C)C)c1. The van der Waals surface area contributed by atoms with E-state index >= 15 is 0 Å². The number of nitrogens with zero attached hydrogens (tertiary/aromatic N) is 4. The smallest absolute Gasteiger partial charge is 0.412 e. The van der Waals surface area contributed by atoms with Crippen LogP contribution in [0, 0.1) is 6.92 Å². The van der Waals surface area contributed by atoms with Crippen LogP contribution in [0.3, 0.4) is 0 Å². The Kier molecular flexibility index (Phi) is 12.2. The lowest BCUT2D eigenvalue weighted by atomic mass is 10.0. The first-order valence-corrected chi connectivity index (χ1v) is 14.2. The highest BCUT2D eigenvalue weighted by atomic mass is 32.2. The van der Waals surface area contributed by atoms with Crippen LogP contribution in [0.25, 0.3) is 0 Å². The summed E-state index contributed by atoms with van der Waals surface area (Å²) in [4.78, 5) is 42.8. The van der Waals surface area contributed by atoms with E-state index in [1.165, 1.54) is 32.9 Å². The number of hydrogen-bond acceptors (Lipinski definition) is 12. The average Bonchev–Trinajstić information content (AvgIpc) is 3.35. The van der Waals surface area contributed by atoms with Crippen molar-refractivity contribution in [1.29, 1.82) is 0 Å². The molecule has 0 aliphatic heterocycles. The van der Waals surface area contributed by atoms with Crippen LogP contribution < -0.4 is 29.6 Å². The first-order valence-electron chi connectivity index (χ1n) is 12.8. The lowest BCUT2D eigenvalue weighted by Crippen LogP contribution is -2.36. The zero-order valence-corrected chi connectivity index (χ0v) is 25.9. The number of sulfonamides is 1. The normalized spacial score (nSPS) is 10.6. The van der Waals surface area contributed by atoms with Crippen molar-refractivity contribution in [2.45, 2.75) is 38.6 Å². The molecule has 0 saturated carbocycles. The number of ether oxygens (including phenoxy) is 4. The monoisotopic (exact) mass is 621 g/mol. The van der Waals surface area contributed by atoms with E-state index in [2.05, 4.69) is 45.6 Å². The van der Waals surface area contributed by atoms with E-state index in [0.29, 0.717) is 11.7 Å². The summed E-state index contributed by atoms with van der Waals surface area (Å²) in [5, 5.41) is 7.76. The number of carbonyl (C=O) groups is 3. The molecular formula is C26H35N7O9S. The van der Waals surface area contributed by atoms with Crippen LogP contribution >= 0.6 is 0 Å². The van der Waals surface area contributed by atoms with Crippen molar-refractivity contribution in [1.82, 2.24) is 29.8 Å². The van der Waals surface area contributed by atoms with Gasteiger partial charge in [-0.15, -0.1) is 0 Å². The molecule has 2 heterocycles. The minimum atomic E-state index is -4.47. The molecule has 234 valence electrons. The topological polar surface area (TPSA) is 202 Å². The largest absolute Gasteiger partial charge is 0.481 e. The van der Waals surface area contributed by atoms with Crippen molar-refractivity contribution in [2.75, 3.05) is 33.2 Å². The van der Waals surface area contributed by atoms with Gasteiger partial charge in [-0.1, -0.05) is 19.9 Å². The van der Waals surface area contributed by atoms with Gasteiger partial charge in [0.1, 0.15) is 11.3 Å². The molecular weight excluding hydrogens is 586 g/mol. The Morgan fingerprint density at radius 3 is 2.19 bits per heavy atom. The first-order chi connectivity index (χ1) is 20.2. The predicted molar refractivity (Wildman–Crippen MR) is 154 cm³/mol. The maximum Gasteiger partial charge on any atom is 0.412 e. The predicted octanol–water partition coefficient (Wildman–Crippen LogP) is 2.75. The van der Waals surface area contributed by atoms with Gasteiger partial charge in [-0.2, -0.15) is 23.5 Å². The molecule has 0 unspecified atom stereocenters. The van der Waals surface area contributed by atoms with Crippen LogP contribution in [-0.2, 0) is 21.8 Å². The molecule has 0 atom stereocenters. The minimum absolute atomic E-state index is 0.0378. The van der Waals surface area contributed by atoms with Crippen molar-refractivity contribution in [3.05, 3.63) is 47.2 Å². The number of aryl methyl sites for hydroxylation is 2. The molecule has 0 radical (unpaired) electrons. The second kappa shape index (κ2) is 15.3. The van der Waals surface area contributed by atoms with Crippen molar-refractivity contribution in [3.63, 3.8) is 0 Å². The van der Waals surface area contributed by atoms with Gasteiger partial charge >= 0.3 is 18.1 Å². The van der Waals surface area contributed by atoms with Gasteiger partial charge in [0, 0.05) is 14.1 Å². The molecule has 3 rings (SSSR count). The number of urea groups is 1. The summed E-state index contributed by atoms with van der Waals surface area (Å²) in [7, 11) is 1.05. The fourth-order valence-electron chi connectivity index (χ4n) is 3.39. The fraction of sp³-hybridized carbons (Fsp3) is 0.385. The van der Waals surface area contributed by atoms with E-state index < -0.39 is 33.1 Å². The van der Waals surface area contributed by atoms with Crippen LogP contribution in [0.4, 0.5) is 15.5 Å². The van der Waals surface area contributed by atoms with E-state index in [0.717, 1.165) is 16.4 Å². The highest BCUT2D eigenvalue weighted by Gasteiger charge is 2.30. The molecule has 17 heteroatoms. The molecule has 16 nitrogen and oxygen atoms in total. The van der Waals surface area contributed by atoms with Crippen molar-refractivity contribution >= 4 is 34.1 Å². The number of methoxy groups -OCH3 is 2. The summed E-state index contributed by atoms with van der Waals surface area (Å²) in [6.07, 6.45) is 0.593. The Morgan fingerprint density at radius 1 is 1.02 bits per heavy atom. The first kappa shape index (κ1) is 34.3. The van der Waals surface area contributed by atoms with Gasteiger partial charge in [-0.05, 0) is 43.0 Å². The number of benzene rings is 1. The van der Waals surface area contributed by atoms with Crippen LogP contribution in [-0.4, -0.2) is 74.1 Å². The summed E-state index contributed by atoms with van der Waals surface area (Å²) in [6, 6.07) is 6.03. The molecule has 3 aromatic rings. The van der Waals surface area contributed by atoms with Gasteiger partial charge in [0.05, 0.1) is 33.1 Å². The number of rotatable bonds is 9. The molecule has 0 fully saturated rings. The average molecular weight is 622 g/mol. The van der Waals surface area contributed by atoms with Crippen molar-refractivity contribution in [3.8, 4) is 17.5 Å². The van der Waals surface area contributed by atoms with E-state index in [9.17, 15) is 22.8 Å². The summed E-state index contributed by atoms with van der Waals surface area (Å²) >= 11 is 0. The van der Waals surface area contributed by atoms with Gasteiger partial charge < -0.3 is 24.3 Å². The van der Waals surface area contributed by atoms with Crippen LogP contribution in [0.2, 0.25) is 0 Å². The fourth-order valence-corrected chi connectivity index (χ4v) is 4.60. The summed E-state index contributed by atoms with van der Waals surface area (Å²) in [5.41, 5.74) is 1.96. The minimum Gasteiger partial charge on any atom is -0.481 e. The molecule has 0 saturated heterocycles. The maximum absolute atomic E-state index is 12.6. The maximum atomic E-state index is 12.6. The lowest BCUT2D eigenvalue weighted by Gasteiger charge is -2.10. The quantitative estimate of drug-likeness (QED) is 0.295. The Balaban J connectivity index is 0.000000362. The van der Waals surface area contributed by atoms with Crippen LogP contribution in [0.15, 0.2) is 35.5 Å². The van der Waals surface area contributed by atoms with E-state index in [4.69, 9.17) is 18.9 Å². The van der Waals surface area contributed by atoms with E-state index in [1.54, 1.807) is 18.7 Å². The second-order valence-corrected chi connectivity index (χ2v) is 10.5. The molecule has 0 aliphatic rings. The van der Waals surface area contributed by atoms with Crippen molar-refractivity contribution < 1.29 is 41.7 Å². The molecule has 0 bridgehead atoms. The highest BCUT2D eigenvalue weighted by Crippen LogP contribution is 2.23. The third-order valence-corrected chi connectivity index (χ3v) is 6.79. The van der Waals surface area contributed by atoms with Crippen molar-refractivity contribution in [2.24, 2.45) is 7.05 Å². The highest BCUT2D eigenvalue weighted by molar-refractivity contribution is 7.90. The molecule has 43 heavy (non-hydrogen) atoms. The van der Waals surface area contributed by atoms with Crippen LogP contribution in [0.1, 0.15) is 48.2 Å². The number of carbonyl (C=O) groups excluding carboxylic acids is 3. The summed E-state index contributed by atoms with van der Waals surface area (Å²) in [6.45, 7) is 7.81. The molecule has 1 aromatic carbocycles. The van der Waals surface area contributed by atoms with E-state index in [-0.39, 0.29) is 29.9 Å². The summed E-state index contributed by atoms with van der Waals surface area (Å²) < 4.78 is 47.5. The molecule has 2 aromatic heterocycles. The standard InChI is InChI=1S/C14H18N6O7S.C12H17NO2/c1-5-27-12(21)8-7-15-20(2)11(8)28(23,24)19-14(22)18-13-16-9(25-3)6-10(17-13)26-4;1-8(2)10-5-9(3)6-11(7-10)15-12(14)13-4/h6-7H,5H2,1-4H3,(H2,16,17,18,19,22);5-8H,1-4H3,(H,13,14). The Hall–Kier alpha value is -4.93. The zero-order valence-electron chi connectivity index (χ0n) is 25.0. The number of hydrogen-bond donors (Lipinski definition) is 3. The van der Waals surface area contributed by atoms with Gasteiger partial charge in [-0.25, -0.2) is 19.1 Å². The van der Waals surface area contributed by atoms with Gasteiger partial charge in [0.25, 0.3) is 10.0 Å². The third kappa shape index (κ3) is 9.84. The molecule has 0 aliphatic carbocycles. The Morgan fingerprint density at radius 2 is 1.65 bits per heavy atom.